The van der Waals surface area contributed by atoms with Crippen molar-refractivity contribution in [1.29, 1.82) is 0 Å². The summed E-state index contributed by atoms with van der Waals surface area (Å²) < 4.78 is 11.3. The predicted molar refractivity (Wildman–Crippen MR) is 232 cm³/mol. The normalized spacial score (nSPS) is 12.2. The van der Waals surface area contributed by atoms with E-state index in [2.05, 4.69) is 176 Å². The minimum Gasteiger partial charge on any atom is -0.278 e. The number of thiophene rings is 1. The lowest BCUT2D eigenvalue weighted by atomic mass is 10.0. The second-order valence-corrected chi connectivity index (χ2v) is 15.5. The highest BCUT2D eigenvalue weighted by molar-refractivity contribution is 7.26. The van der Waals surface area contributed by atoms with E-state index in [4.69, 9.17) is 19.9 Å². The van der Waals surface area contributed by atoms with Crippen molar-refractivity contribution in [3.8, 4) is 33.8 Å². The second kappa shape index (κ2) is 11.5. The van der Waals surface area contributed by atoms with Crippen molar-refractivity contribution < 1.29 is 0 Å². The number of imidazole rings is 4. The average molecular weight is 749 g/mol. The summed E-state index contributed by atoms with van der Waals surface area (Å²) in [6.45, 7) is 0. The van der Waals surface area contributed by atoms with Crippen LogP contribution >= 0.6 is 11.3 Å². The molecule has 57 heavy (non-hydrogen) atoms. The van der Waals surface area contributed by atoms with Crippen LogP contribution in [0.3, 0.4) is 0 Å². The molecule has 0 aliphatic heterocycles. The summed E-state index contributed by atoms with van der Waals surface area (Å²) in [6.07, 6.45) is 1.68. The molecule has 0 aliphatic rings. The lowest BCUT2D eigenvalue weighted by Crippen LogP contribution is -1.99. The van der Waals surface area contributed by atoms with E-state index in [0.29, 0.717) is 0 Å². The van der Waals surface area contributed by atoms with E-state index in [9.17, 15) is 0 Å². The first-order chi connectivity index (χ1) is 28.3. The lowest BCUT2D eigenvalue weighted by molar-refractivity contribution is 1.04. The Balaban J connectivity index is 1.03. The number of fused-ring (bicyclic) bond motifs is 13. The molecular formula is C48H28N8S. The van der Waals surface area contributed by atoms with Crippen LogP contribution in [-0.2, 0) is 0 Å². The number of benzene rings is 7. The Labute approximate surface area is 327 Å². The van der Waals surface area contributed by atoms with Gasteiger partial charge in [-0.05, 0) is 89.0 Å². The van der Waals surface area contributed by atoms with E-state index in [1.807, 2.05) is 6.07 Å². The summed E-state index contributed by atoms with van der Waals surface area (Å²) in [6, 6.07) is 57.9. The first kappa shape index (κ1) is 30.7. The number of hydrogen-bond donors (Lipinski definition) is 0. The molecule has 0 atom stereocenters. The van der Waals surface area contributed by atoms with Crippen molar-refractivity contribution in [2.45, 2.75) is 0 Å². The van der Waals surface area contributed by atoms with Gasteiger partial charge in [0.25, 0.3) is 0 Å². The minimum absolute atomic E-state index is 0.818. The third kappa shape index (κ3) is 4.31. The van der Waals surface area contributed by atoms with Crippen LogP contribution in [-0.4, -0.2) is 37.9 Å². The monoisotopic (exact) mass is 748 g/mol. The third-order valence-corrected chi connectivity index (χ3v) is 12.5. The molecule has 0 spiro atoms. The maximum atomic E-state index is 5.20. The Hall–Kier alpha value is -7.62. The van der Waals surface area contributed by atoms with Crippen LogP contribution in [0.5, 0.6) is 0 Å². The smallest absolute Gasteiger partial charge is 0.221 e. The summed E-state index contributed by atoms with van der Waals surface area (Å²) in [4.78, 5) is 20.1. The molecule has 0 bridgehead atoms. The largest absolute Gasteiger partial charge is 0.278 e. The van der Waals surface area contributed by atoms with Gasteiger partial charge in [0.05, 0.1) is 54.4 Å². The number of rotatable bonds is 4. The van der Waals surface area contributed by atoms with Crippen LogP contribution in [0, 0.1) is 0 Å². The number of para-hydroxylation sites is 4. The quantitative estimate of drug-likeness (QED) is 0.180. The van der Waals surface area contributed by atoms with Gasteiger partial charge in [0.1, 0.15) is 6.33 Å². The summed E-state index contributed by atoms with van der Waals surface area (Å²) >= 11 is 1.72. The molecule has 13 aromatic rings. The van der Waals surface area contributed by atoms with Crippen LogP contribution in [0.25, 0.3) is 110 Å². The molecule has 0 radical (unpaired) electrons. The maximum Gasteiger partial charge on any atom is 0.221 e. The van der Waals surface area contributed by atoms with Crippen molar-refractivity contribution in [2.75, 3.05) is 0 Å². The van der Waals surface area contributed by atoms with Crippen molar-refractivity contribution in [3.63, 3.8) is 0 Å². The lowest BCUT2D eigenvalue weighted by Gasteiger charge is -2.09. The van der Waals surface area contributed by atoms with Gasteiger partial charge in [-0.3, -0.25) is 17.9 Å². The Morgan fingerprint density at radius 2 is 0.982 bits per heavy atom. The van der Waals surface area contributed by atoms with Gasteiger partial charge >= 0.3 is 0 Å². The molecule has 0 N–H and O–H groups in total. The number of aromatic nitrogens is 8. The summed E-state index contributed by atoms with van der Waals surface area (Å²) in [5, 5.41) is 1.14. The zero-order valence-electron chi connectivity index (χ0n) is 30.2. The predicted octanol–water partition coefficient (Wildman–Crippen LogP) is 11.7. The Kier molecular flexibility index (Phi) is 6.16. The van der Waals surface area contributed by atoms with Gasteiger partial charge < -0.3 is 0 Å². The van der Waals surface area contributed by atoms with Gasteiger partial charge in [-0.15, -0.1) is 11.3 Å². The highest BCUT2D eigenvalue weighted by Crippen LogP contribution is 2.39. The van der Waals surface area contributed by atoms with Crippen molar-refractivity contribution in [3.05, 3.63) is 170 Å². The molecular weight excluding hydrogens is 721 g/mol. The zero-order chi connectivity index (χ0) is 37.2. The minimum atomic E-state index is 0.818. The molecule has 0 unspecified atom stereocenters. The summed E-state index contributed by atoms with van der Waals surface area (Å²) in [5.41, 5.74) is 14.9. The third-order valence-electron chi connectivity index (χ3n) is 11.3. The summed E-state index contributed by atoms with van der Waals surface area (Å²) in [5.74, 6) is 2.53. The molecule has 6 aromatic heterocycles. The molecule has 0 saturated carbocycles. The summed E-state index contributed by atoms with van der Waals surface area (Å²) in [7, 11) is 0. The van der Waals surface area contributed by atoms with Crippen LogP contribution < -0.4 is 0 Å². The van der Waals surface area contributed by atoms with Gasteiger partial charge in [0.15, 0.2) is 5.82 Å². The van der Waals surface area contributed by atoms with E-state index in [-0.39, 0.29) is 0 Å². The van der Waals surface area contributed by atoms with Gasteiger partial charge in [-0.25, -0.2) is 19.9 Å². The molecule has 6 heterocycles. The van der Waals surface area contributed by atoms with E-state index in [0.717, 1.165) is 93.9 Å². The van der Waals surface area contributed by atoms with Gasteiger partial charge in [-0.1, -0.05) is 97.1 Å². The van der Waals surface area contributed by atoms with Crippen LogP contribution in [0.1, 0.15) is 0 Å². The standard InChI is InChI=1S/C48H28N8S/c1-2-10-29(11-3-1)30-18-22-33(23-19-30)53-39-24-20-31(26-41(39)54-37-15-7-5-13-35(37)51-47(53)54)32-21-25-40-42(27-32)55-38-16-8-6-14-36(38)52-48(55)56(40)46-45-44(49-28-50-46)34-12-4-9-17-43(34)57-45/h1-28H. The fourth-order valence-corrected chi connectivity index (χ4v) is 9.86. The average Bonchev–Trinajstić information content (AvgIpc) is 4.07. The number of hydrogen-bond acceptors (Lipinski definition) is 5. The van der Waals surface area contributed by atoms with E-state index < -0.39 is 0 Å². The fraction of sp³-hybridized carbons (Fsp3) is 0. The van der Waals surface area contributed by atoms with Gasteiger partial charge in [-0.2, -0.15) is 0 Å². The molecule has 0 aliphatic carbocycles. The van der Waals surface area contributed by atoms with Crippen molar-refractivity contribution in [2.24, 2.45) is 0 Å². The highest BCUT2D eigenvalue weighted by atomic mass is 32.1. The first-order valence-electron chi connectivity index (χ1n) is 18.9. The molecule has 266 valence electrons. The maximum absolute atomic E-state index is 5.20. The molecule has 13 rings (SSSR count). The second-order valence-electron chi connectivity index (χ2n) is 14.4. The molecule has 0 saturated heterocycles. The van der Waals surface area contributed by atoms with Crippen molar-refractivity contribution in [1.82, 2.24) is 37.9 Å². The molecule has 0 fully saturated rings. The topological polar surface area (TPSA) is 70.2 Å². The van der Waals surface area contributed by atoms with Gasteiger partial charge in [0, 0.05) is 15.8 Å². The van der Waals surface area contributed by atoms with Crippen LogP contribution in [0.15, 0.2) is 170 Å². The fourth-order valence-electron chi connectivity index (χ4n) is 8.73. The molecule has 8 nitrogen and oxygen atoms in total. The Morgan fingerprint density at radius 1 is 0.421 bits per heavy atom. The molecule has 0 amide bonds. The molecule has 7 aromatic carbocycles. The van der Waals surface area contributed by atoms with Crippen molar-refractivity contribution >= 4 is 87.3 Å². The SMILES string of the molecule is c1ccc(-c2ccc(-n3c4ccc(-c5ccc6c(c5)n5c7ccccc7nc5n6-c5ncnc6c5sc5ccccc56)cc4n4c5ccccc5nc34)cc2)cc1. The Bertz CT molecular complexity index is 3750. The van der Waals surface area contributed by atoms with Crippen LogP contribution in [0.4, 0.5) is 0 Å². The van der Waals surface area contributed by atoms with Crippen LogP contribution in [0.2, 0.25) is 0 Å². The van der Waals surface area contributed by atoms with E-state index in [1.165, 1.54) is 15.8 Å². The first-order valence-corrected chi connectivity index (χ1v) is 19.7. The van der Waals surface area contributed by atoms with E-state index in [1.54, 1.807) is 17.7 Å². The van der Waals surface area contributed by atoms with Gasteiger partial charge in [0.2, 0.25) is 11.6 Å². The molecule has 9 heteroatoms. The Morgan fingerprint density at radius 3 is 1.68 bits per heavy atom. The highest BCUT2D eigenvalue weighted by Gasteiger charge is 2.23. The van der Waals surface area contributed by atoms with E-state index >= 15 is 0 Å². The zero-order valence-corrected chi connectivity index (χ0v) is 31.0. The number of nitrogens with zero attached hydrogens (tertiary/aromatic N) is 8.